The number of hydrogen-bond donors (Lipinski definition) is 1. The quantitative estimate of drug-likeness (QED) is 0.828. The molecule has 2 nitrogen and oxygen atoms in total. The van der Waals surface area contributed by atoms with E-state index in [1.165, 1.54) is 24.8 Å². The SMILES string of the molecule is COc1ccccc1CC1(N)CCCC(C(C)(C)C)CC1. The van der Waals surface area contributed by atoms with Crippen LogP contribution in [0.15, 0.2) is 24.3 Å². The van der Waals surface area contributed by atoms with Gasteiger partial charge in [0.15, 0.2) is 0 Å². The minimum Gasteiger partial charge on any atom is -0.496 e. The highest BCUT2D eigenvalue weighted by atomic mass is 16.5. The highest BCUT2D eigenvalue weighted by Gasteiger charge is 2.34. The highest BCUT2D eigenvalue weighted by Crippen LogP contribution is 2.40. The smallest absolute Gasteiger partial charge is 0.122 e. The predicted octanol–water partition coefficient (Wildman–Crippen LogP) is 4.56. The van der Waals surface area contributed by atoms with Gasteiger partial charge in [0.1, 0.15) is 5.75 Å². The molecule has 0 saturated heterocycles. The molecule has 0 aliphatic heterocycles. The van der Waals surface area contributed by atoms with Crippen LogP contribution in [0.1, 0.15) is 58.4 Å². The van der Waals surface area contributed by atoms with Crippen molar-refractivity contribution in [1.82, 2.24) is 0 Å². The molecule has 1 aliphatic carbocycles. The fraction of sp³-hybridized carbons (Fsp3) is 0.684. The topological polar surface area (TPSA) is 35.2 Å². The van der Waals surface area contributed by atoms with E-state index in [2.05, 4.69) is 32.9 Å². The summed E-state index contributed by atoms with van der Waals surface area (Å²) in [6.07, 6.45) is 6.97. The molecule has 1 saturated carbocycles. The van der Waals surface area contributed by atoms with Crippen molar-refractivity contribution < 1.29 is 4.74 Å². The predicted molar refractivity (Wildman–Crippen MR) is 89.6 cm³/mol. The molecule has 1 aromatic carbocycles. The second-order valence-electron chi connectivity index (χ2n) is 7.84. The molecule has 1 fully saturated rings. The van der Waals surface area contributed by atoms with Crippen LogP contribution in [0.4, 0.5) is 0 Å². The molecular weight excluding hydrogens is 258 g/mol. The van der Waals surface area contributed by atoms with Crippen LogP contribution in [0, 0.1) is 11.3 Å². The summed E-state index contributed by atoms with van der Waals surface area (Å²) < 4.78 is 5.48. The maximum Gasteiger partial charge on any atom is 0.122 e. The summed E-state index contributed by atoms with van der Waals surface area (Å²) in [7, 11) is 1.74. The van der Waals surface area contributed by atoms with Gasteiger partial charge in [-0.25, -0.2) is 0 Å². The molecule has 2 unspecified atom stereocenters. The van der Waals surface area contributed by atoms with Gasteiger partial charge in [0.2, 0.25) is 0 Å². The van der Waals surface area contributed by atoms with E-state index in [0.717, 1.165) is 30.9 Å². The zero-order valence-corrected chi connectivity index (χ0v) is 14.1. The van der Waals surface area contributed by atoms with Gasteiger partial charge in [-0.1, -0.05) is 45.4 Å². The van der Waals surface area contributed by atoms with Crippen molar-refractivity contribution in [3.8, 4) is 5.75 Å². The molecule has 118 valence electrons. The summed E-state index contributed by atoms with van der Waals surface area (Å²) in [5, 5.41) is 0. The van der Waals surface area contributed by atoms with Gasteiger partial charge in [0.05, 0.1) is 7.11 Å². The minimum absolute atomic E-state index is 0.0748. The Hall–Kier alpha value is -1.02. The molecule has 0 bridgehead atoms. The van der Waals surface area contributed by atoms with Gasteiger partial charge >= 0.3 is 0 Å². The first-order valence-electron chi connectivity index (χ1n) is 8.25. The third-order valence-corrected chi connectivity index (χ3v) is 5.18. The number of hydrogen-bond acceptors (Lipinski definition) is 2. The largest absolute Gasteiger partial charge is 0.496 e. The van der Waals surface area contributed by atoms with E-state index >= 15 is 0 Å². The molecule has 0 spiro atoms. The molecule has 2 N–H and O–H groups in total. The van der Waals surface area contributed by atoms with Crippen molar-refractivity contribution in [2.24, 2.45) is 17.1 Å². The van der Waals surface area contributed by atoms with Crippen LogP contribution in [0.5, 0.6) is 5.75 Å². The maximum absolute atomic E-state index is 6.76. The van der Waals surface area contributed by atoms with Crippen molar-refractivity contribution in [1.29, 1.82) is 0 Å². The van der Waals surface area contributed by atoms with E-state index in [4.69, 9.17) is 10.5 Å². The van der Waals surface area contributed by atoms with Gasteiger partial charge in [-0.05, 0) is 55.1 Å². The third kappa shape index (κ3) is 4.23. The van der Waals surface area contributed by atoms with Crippen molar-refractivity contribution in [2.75, 3.05) is 7.11 Å². The van der Waals surface area contributed by atoms with Crippen LogP contribution in [0.2, 0.25) is 0 Å². The van der Waals surface area contributed by atoms with Gasteiger partial charge in [0, 0.05) is 5.54 Å². The second kappa shape index (κ2) is 6.39. The molecule has 2 heteroatoms. The summed E-state index contributed by atoms with van der Waals surface area (Å²) in [5.74, 6) is 1.76. The number of benzene rings is 1. The molecule has 1 aromatic rings. The van der Waals surface area contributed by atoms with Gasteiger partial charge < -0.3 is 10.5 Å². The fourth-order valence-corrected chi connectivity index (χ4v) is 3.70. The number of ether oxygens (including phenoxy) is 1. The van der Waals surface area contributed by atoms with Crippen LogP contribution in [0.25, 0.3) is 0 Å². The first-order valence-corrected chi connectivity index (χ1v) is 8.25. The lowest BCUT2D eigenvalue weighted by atomic mass is 9.76. The summed E-state index contributed by atoms with van der Waals surface area (Å²) in [5.41, 5.74) is 8.34. The molecule has 1 aliphatic rings. The van der Waals surface area contributed by atoms with Crippen LogP contribution in [-0.4, -0.2) is 12.6 Å². The Balaban J connectivity index is 2.09. The van der Waals surface area contributed by atoms with Crippen molar-refractivity contribution in [2.45, 2.75) is 64.8 Å². The minimum atomic E-state index is -0.0748. The molecule has 2 rings (SSSR count). The molecule has 2 atom stereocenters. The van der Waals surface area contributed by atoms with E-state index in [9.17, 15) is 0 Å². The van der Waals surface area contributed by atoms with Gasteiger partial charge in [-0.15, -0.1) is 0 Å². The van der Waals surface area contributed by atoms with E-state index in [1.54, 1.807) is 7.11 Å². The standard InChI is InChI=1S/C19H31NO/c1-18(2,3)16-9-7-12-19(20,13-11-16)14-15-8-5-6-10-17(15)21-4/h5-6,8,10,16H,7,9,11-14,20H2,1-4H3. The van der Waals surface area contributed by atoms with Crippen molar-refractivity contribution >= 4 is 0 Å². The molecular formula is C19H31NO. The number of para-hydroxylation sites is 1. The molecule has 21 heavy (non-hydrogen) atoms. The third-order valence-electron chi connectivity index (χ3n) is 5.18. The highest BCUT2D eigenvalue weighted by molar-refractivity contribution is 5.34. The molecule has 0 heterocycles. The van der Waals surface area contributed by atoms with E-state index in [-0.39, 0.29) is 5.54 Å². The average Bonchev–Trinajstić information content (AvgIpc) is 2.61. The summed E-state index contributed by atoms with van der Waals surface area (Å²) in [6.45, 7) is 7.09. The Bertz CT molecular complexity index is 463. The monoisotopic (exact) mass is 289 g/mol. The van der Waals surface area contributed by atoms with Gasteiger partial charge in [-0.2, -0.15) is 0 Å². The summed E-state index contributed by atoms with van der Waals surface area (Å²) in [6, 6.07) is 8.29. The van der Waals surface area contributed by atoms with Crippen LogP contribution in [-0.2, 0) is 6.42 Å². The summed E-state index contributed by atoms with van der Waals surface area (Å²) in [4.78, 5) is 0. The number of rotatable bonds is 3. The summed E-state index contributed by atoms with van der Waals surface area (Å²) >= 11 is 0. The molecule has 0 radical (unpaired) electrons. The van der Waals surface area contributed by atoms with Gasteiger partial charge in [-0.3, -0.25) is 0 Å². The first kappa shape index (κ1) is 16.4. The van der Waals surface area contributed by atoms with Crippen LogP contribution in [0.3, 0.4) is 0 Å². The van der Waals surface area contributed by atoms with E-state index in [0.29, 0.717) is 5.41 Å². The number of nitrogens with two attached hydrogens (primary N) is 1. The van der Waals surface area contributed by atoms with Crippen molar-refractivity contribution in [3.05, 3.63) is 29.8 Å². The maximum atomic E-state index is 6.76. The normalized spacial score (nSPS) is 27.2. The second-order valence-corrected chi connectivity index (χ2v) is 7.84. The Labute approximate surface area is 130 Å². The lowest BCUT2D eigenvalue weighted by molar-refractivity contribution is 0.210. The average molecular weight is 289 g/mol. The molecule has 0 amide bonds. The van der Waals surface area contributed by atoms with Crippen molar-refractivity contribution in [3.63, 3.8) is 0 Å². The Morgan fingerprint density at radius 1 is 1.19 bits per heavy atom. The number of methoxy groups -OCH3 is 1. The lowest BCUT2D eigenvalue weighted by Gasteiger charge is -2.32. The zero-order valence-electron chi connectivity index (χ0n) is 14.1. The van der Waals surface area contributed by atoms with Crippen LogP contribution >= 0.6 is 0 Å². The first-order chi connectivity index (χ1) is 9.84. The Morgan fingerprint density at radius 3 is 2.57 bits per heavy atom. The zero-order chi connectivity index (χ0) is 15.5. The molecule has 0 aromatic heterocycles. The van der Waals surface area contributed by atoms with Crippen LogP contribution < -0.4 is 10.5 Å². The fourth-order valence-electron chi connectivity index (χ4n) is 3.70. The Kier molecular flexibility index (Phi) is 4.98. The van der Waals surface area contributed by atoms with E-state index in [1.807, 2.05) is 12.1 Å². The van der Waals surface area contributed by atoms with E-state index < -0.39 is 0 Å². The lowest BCUT2D eigenvalue weighted by Crippen LogP contribution is -2.41. The Morgan fingerprint density at radius 2 is 1.90 bits per heavy atom. The van der Waals surface area contributed by atoms with Gasteiger partial charge in [0.25, 0.3) is 0 Å².